The van der Waals surface area contributed by atoms with Gasteiger partial charge in [0, 0.05) is 31.7 Å². The second-order valence-corrected chi connectivity index (χ2v) is 7.16. The largest absolute Gasteiger partial charge is 0.493 e. The van der Waals surface area contributed by atoms with E-state index in [1.807, 2.05) is 23.1 Å². The second-order valence-electron chi connectivity index (χ2n) is 7.16. The summed E-state index contributed by atoms with van der Waals surface area (Å²) in [7, 11) is 0. The van der Waals surface area contributed by atoms with Gasteiger partial charge in [0.1, 0.15) is 17.3 Å². The number of hydrogen-bond donors (Lipinski definition) is 1. The number of amides is 2. The summed E-state index contributed by atoms with van der Waals surface area (Å²) in [5.41, 5.74) is 7.81. The standard InChI is InChI=1S/C21H24N4O3/c22-19-6-1-5-17(23-19)21(27)25-10-3-9-24(11-12-25)20(26)16-7-8-18-15(14-16)4-2-13-28-18/h1,5-8,14H,2-4,9-13H2,(H2,22,23). The van der Waals surface area contributed by atoms with Crippen molar-refractivity contribution < 1.29 is 14.3 Å². The summed E-state index contributed by atoms with van der Waals surface area (Å²) in [4.78, 5) is 33.4. The van der Waals surface area contributed by atoms with E-state index < -0.39 is 0 Å². The quantitative estimate of drug-likeness (QED) is 0.861. The Morgan fingerprint density at radius 3 is 2.54 bits per heavy atom. The Hall–Kier alpha value is -3.09. The van der Waals surface area contributed by atoms with Gasteiger partial charge in [-0.3, -0.25) is 9.59 Å². The molecule has 0 bridgehead atoms. The first-order chi connectivity index (χ1) is 13.6. The molecule has 1 aromatic heterocycles. The van der Waals surface area contributed by atoms with Gasteiger partial charge in [0.25, 0.3) is 11.8 Å². The normalized spacial score (nSPS) is 16.7. The lowest BCUT2D eigenvalue weighted by molar-refractivity contribution is 0.0715. The molecule has 0 spiro atoms. The average Bonchev–Trinajstić information content (AvgIpc) is 2.98. The number of rotatable bonds is 2. The molecule has 3 heterocycles. The van der Waals surface area contributed by atoms with E-state index in [0.717, 1.165) is 37.2 Å². The van der Waals surface area contributed by atoms with Crippen LogP contribution in [-0.4, -0.2) is 59.4 Å². The number of carbonyl (C=O) groups excluding carboxylic acids is 2. The zero-order valence-electron chi connectivity index (χ0n) is 15.8. The molecule has 2 aliphatic rings. The molecular formula is C21H24N4O3. The third-order valence-corrected chi connectivity index (χ3v) is 5.22. The number of ether oxygens (including phenoxy) is 1. The minimum Gasteiger partial charge on any atom is -0.493 e. The number of nitrogens with zero attached hydrogens (tertiary/aromatic N) is 3. The molecule has 2 amide bonds. The number of nitrogen functional groups attached to an aromatic ring is 1. The summed E-state index contributed by atoms with van der Waals surface area (Å²) >= 11 is 0. The Labute approximate surface area is 164 Å². The van der Waals surface area contributed by atoms with Crippen molar-refractivity contribution in [1.29, 1.82) is 0 Å². The molecule has 1 fully saturated rings. The van der Waals surface area contributed by atoms with E-state index in [1.54, 1.807) is 23.1 Å². The molecule has 0 saturated carbocycles. The van der Waals surface area contributed by atoms with Crippen LogP contribution in [0.2, 0.25) is 0 Å². The molecule has 4 rings (SSSR count). The van der Waals surface area contributed by atoms with Crippen molar-refractivity contribution in [2.24, 2.45) is 0 Å². The van der Waals surface area contributed by atoms with E-state index in [-0.39, 0.29) is 11.8 Å². The predicted octanol–water partition coefficient (Wildman–Crippen LogP) is 1.98. The van der Waals surface area contributed by atoms with Gasteiger partial charge in [-0.05, 0) is 55.2 Å². The van der Waals surface area contributed by atoms with Crippen LogP contribution in [0.5, 0.6) is 5.75 Å². The molecule has 0 unspecified atom stereocenters. The summed E-state index contributed by atoms with van der Waals surface area (Å²) in [6, 6.07) is 10.7. The minimum atomic E-state index is -0.146. The first-order valence-electron chi connectivity index (χ1n) is 9.68. The molecule has 7 heteroatoms. The Morgan fingerprint density at radius 2 is 1.75 bits per heavy atom. The number of hydrogen-bond acceptors (Lipinski definition) is 5. The maximum Gasteiger partial charge on any atom is 0.272 e. The molecule has 2 aromatic rings. The maximum absolute atomic E-state index is 13.0. The fraction of sp³-hybridized carbons (Fsp3) is 0.381. The fourth-order valence-corrected chi connectivity index (χ4v) is 3.73. The van der Waals surface area contributed by atoms with Gasteiger partial charge < -0.3 is 20.3 Å². The van der Waals surface area contributed by atoms with Crippen molar-refractivity contribution in [3.63, 3.8) is 0 Å². The minimum absolute atomic E-state index is 0.00440. The zero-order valence-corrected chi connectivity index (χ0v) is 15.8. The van der Waals surface area contributed by atoms with Crippen LogP contribution in [-0.2, 0) is 6.42 Å². The summed E-state index contributed by atoms with van der Waals surface area (Å²) in [6.45, 7) is 2.94. The first kappa shape index (κ1) is 18.3. The Kier molecular flexibility index (Phi) is 5.14. The third-order valence-electron chi connectivity index (χ3n) is 5.22. The van der Waals surface area contributed by atoms with Gasteiger partial charge >= 0.3 is 0 Å². The highest BCUT2D eigenvalue weighted by Crippen LogP contribution is 2.26. The van der Waals surface area contributed by atoms with Crippen LogP contribution in [0.4, 0.5) is 5.82 Å². The van der Waals surface area contributed by atoms with Crippen molar-refractivity contribution in [1.82, 2.24) is 14.8 Å². The maximum atomic E-state index is 13.0. The number of fused-ring (bicyclic) bond motifs is 1. The SMILES string of the molecule is Nc1cccc(C(=O)N2CCCN(C(=O)c3ccc4c(c3)CCCO4)CC2)n1. The summed E-state index contributed by atoms with van der Waals surface area (Å²) < 4.78 is 5.63. The summed E-state index contributed by atoms with van der Waals surface area (Å²) in [5.74, 6) is 1.07. The van der Waals surface area contributed by atoms with Crippen molar-refractivity contribution >= 4 is 17.6 Å². The molecule has 2 N–H and O–H groups in total. The number of pyridine rings is 1. The van der Waals surface area contributed by atoms with Gasteiger partial charge in [-0.15, -0.1) is 0 Å². The van der Waals surface area contributed by atoms with Gasteiger partial charge in [0.2, 0.25) is 0 Å². The van der Waals surface area contributed by atoms with Crippen molar-refractivity contribution in [2.75, 3.05) is 38.5 Å². The summed E-state index contributed by atoms with van der Waals surface area (Å²) in [6.07, 6.45) is 2.64. The topological polar surface area (TPSA) is 88.8 Å². The van der Waals surface area contributed by atoms with Gasteiger partial charge in [0.15, 0.2) is 0 Å². The lowest BCUT2D eigenvalue weighted by atomic mass is 10.0. The zero-order chi connectivity index (χ0) is 19.5. The molecular weight excluding hydrogens is 356 g/mol. The number of nitrogens with two attached hydrogens (primary N) is 1. The third kappa shape index (κ3) is 3.78. The van der Waals surface area contributed by atoms with Gasteiger partial charge in [-0.2, -0.15) is 0 Å². The molecule has 7 nitrogen and oxygen atoms in total. The van der Waals surface area contributed by atoms with Crippen molar-refractivity contribution in [3.05, 3.63) is 53.2 Å². The van der Waals surface area contributed by atoms with Crippen LogP contribution in [0.1, 0.15) is 39.3 Å². The molecule has 28 heavy (non-hydrogen) atoms. The highest BCUT2D eigenvalue weighted by atomic mass is 16.5. The van der Waals surface area contributed by atoms with Crippen LogP contribution in [0, 0.1) is 0 Å². The Bertz CT molecular complexity index is 899. The smallest absolute Gasteiger partial charge is 0.272 e. The second kappa shape index (κ2) is 7.88. The Balaban J connectivity index is 1.43. The van der Waals surface area contributed by atoms with E-state index in [1.165, 1.54) is 0 Å². The number of aromatic nitrogens is 1. The summed E-state index contributed by atoms with van der Waals surface area (Å²) in [5, 5.41) is 0. The van der Waals surface area contributed by atoms with Gasteiger partial charge in [0.05, 0.1) is 6.61 Å². The highest BCUT2D eigenvalue weighted by molar-refractivity contribution is 5.95. The number of carbonyl (C=O) groups is 2. The van der Waals surface area contributed by atoms with Crippen LogP contribution in [0.25, 0.3) is 0 Å². The van der Waals surface area contributed by atoms with E-state index in [0.29, 0.717) is 43.3 Å². The van der Waals surface area contributed by atoms with Crippen molar-refractivity contribution in [2.45, 2.75) is 19.3 Å². The monoisotopic (exact) mass is 380 g/mol. The lowest BCUT2D eigenvalue weighted by Crippen LogP contribution is -2.37. The Morgan fingerprint density at radius 1 is 0.964 bits per heavy atom. The first-order valence-corrected chi connectivity index (χ1v) is 9.68. The van der Waals surface area contributed by atoms with E-state index in [4.69, 9.17) is 10.5 Å². The van der Waals surface area contributed by atoms with Crippen LogP contribution < -0.4 is 10.5 Å². The predicted molar refractivity (Wildman–Crippen MR) is 105 cm³/mol. The average molecular weight is 380 g/mol. The lowest BCUT2D eigenvalue weighted by Gasteiger charge is -2.23. The van der Waals surface area contributed by atoms with Crippen LogP contribution in [0.15, 0.2) is 36.4 Å². The molecule has 146 valence electrons. The fourth-order valence-electron chi connectivity index (χ4n) is 3.73. The number of benzene rings is 1. The molecule has 1 aromatic carbocycles. The van der Waals surface area contributed by atoms with Crippen molar-refractivity contribution in [3.8, 4) is 5.75 Å². The molecule has 0 atom stereocenters. The number of anilines is 1. The molecule has 0 aliphatic carbocycles. The molecule has 1 saturated heterocycles. The van der Waals surface area contributed by atoms with Gasteiger partial charge in [-0.1, -0.05) is 6.07 Å². The van der Waals surface area contributed by atoms with E-state index in [9.17, 15) is 9.59 Å². The van der Waals surface area contributed by atoms with Crippen LogP contribution >= 0.6 is 0 Å². The highest BCUT2D eigenvalue weighted by Gasteiger charge is 2.25. The van der Waals surface area contributed by atoms with Crippen LogP contribution in [0.3, 0.4) is 0 Å². The molecule has 0 radical (unpaired) electrons. The molecule has 2 aliphatic heterocycles. The van der Waals surface area contributed by atoms with E-state index >= 15 is 0 Å². The van der Waals surface area contributed by atoms with E-state index in [2.05, 4.69) is 4.98 Å². The number of aryl methyl sites for hydroxylation is 1. The van der Waals surface area contributed by atoms with Gasteiger partial charge in [-0.25, -0.2) is 4.98 Å².